The zero-order chi connectivity index (χ0) is 17.2. The predicted octanol–water partition coefficient (Wildman–Crippen LogP) is 4.96. The van der Waals surface area contributed by atoms with Gasteiger partial charge in [-0.2, -0.15) is 0 Å². The topological polar surface area (TPSA) is 57.5 Å². The Kier molecular flexibility index (Phi) is 15.2. The maximum absolute atomic E-state index is 10.3. The number of hydrogen-bond donors (Lipinski definition) is 2. The summed E-state index contributed by atoms with van der Waals surface area (Å²) < 4.78 is 0. The molecule has 23 heavy (non-hydrogen) atoms. The standard InChI is InChI=1S/C20H30O3/c1-2-3-4-5-10-13-16-19(21)17-14-11-8-6-7-9-12-15-18-20(22)23/h3-4,7-11,13-14,17,19,21H,2,5-6,12,15-16,18H2,1H3,(H,22,23)/t19-/m1/s1. The fraction of sp³-hybridized carbons (Fsp3) is 0.450. The van der Waals surface area contributed by atoms with Gasteiger partial charge in [-0.15, -0.1) is 0 Å². The summed E-state index contributed by atoms with van der Waals surface area (Å²) in [5, 5.41) is 18.2. The van der Waals surface area contributed by atoms with Crippen molar-refractivity contribution >= 4 is 5.97 Å². The van der Waals surface area contributed by atoms with E-state index >= 15 is 0 Å². The number of aliphatic hydroxyl groups is 1. The SMILES string of the molecule is CCC=CCC=CC[C@@H](O)C=CC=CCC=CCCCC(=O)O. The number of rotatable bonds is 13. The maximum atomic E-state index is 10.3. The molecule has 0 spiro atoms. The van der Waals surface area contributed by atoms with Crippen molar-refractivity contribution in [2.75, 3.05) is 0 Å². The van der Waals surface area contributed by atoms with E-state index in [1.807, 2.05) is 36.5 Å². The summed E-state index contributed by atoms with van der Waals surface area (Å²) in [5.74, 6) is -0.741. The van der Waals surface area contributed by atoms with Crippen LogP contribution >= 0.6 is 0 Å². The number of allylic oxidation sites excluding steroid dienone is 8. The summed E-state index contributed by atoms with van der Waals surface area (Å²) in [7, 11) is 0. The molecule has 128 valence electrons. The Morgan fingerprint density at radius 2 is 1.65 bits per heavy atom. The van der Waals surface area contributed by atoms with Crippen LogP contribution in [0.2, 0.25) is 0 Å². The Bertz CT molecular complexity index is 428. The summed E-state index contributed by atoms with van der Waals surface area (Å²) >= 11 is 0. The van der Waals surface area contributed by atoms with Crippen LogP contribution in [-0.2, 0) is 4.79 Å². The van der Waals surface area contributed by atoms with Crippen LogP contribution in [0.5, 0.6) is 0 Å². The van der Waals surface area contributed by atoms with Crippen LogP contribution in [0.4, 0.5) is 0 Å². The first-order valence-corrected chi connectivity index (χ1v) is 8.35. The van der Waals surface area contributed by atoms with Gasteiger partial charge in [-0.1, -0.05) is 67.7 Å². The maximum Gasteiger partial charge on any atom is 0.303 e. The van der Waals surface area contributed by atoms with E-state index in [9.17, 15) is 9.90 Å². The minimum Gasteiger partial charge on any atom is -0.481 e. The van der Waals surface area contributed by atoms with Crippen molar-refractivity contribution in [1.82, 2.24) is 0 Å². The summed E-state index contributed by atoms with van der Waals surface area (Å²) in [4.78, 5) is 10.3. The van der Waals surface area contributed by atoms with Gasteiger partial charge in [0.25, 0.3) is 0 Å². The Labute approximate surface area is 140 Å². The first kappa shape index (κ1) is 21.1. The average Bonchev–Trinajstić information content (AvgIpc) is 2.52. The second-order valence-electron chi connectivity index (χ2n) is 5.20. The van der Waals surface area contributed by atoms with Gasteiger partial charge >= 0.3 is 5.97 Å². The quantitative estimate of drug-likeness (QED) is 0.286. The highest BCUT2D eigenvalue weighted by atomic mass is 16.4. The Hall–Kier alpha value is -1.87. The molecule has 0 aromatic carbocycles. The van der Waals surface area contributed by atoms with E-state index in [4.69, 9.17) is 5.11 Å². The van der Waals surface area contributed by atoms with Gasteiger partial charge in [0.15, 0.2) is 0 Å². The Balaban J connectivity index is 3.68. The van der Waals surface area contributed by atoms with Crippen LogP contribution in [0.15, 0.2) is 60.8 Å². The predicted molar refractivity (Wildman–Crippen MR) is 97.3 cm³/mol. The average molecular weight is 318 g/mol. The lowest BCUT2D eigenvalue weighted by Gasteiger charge is -1.98. The zero-order valence-electron chi connectivity index (χ0n) is 14.1. The molecule has 0 unspecified atom stereocenters. The van der Waals surface area contributed by atoms with Gasteiger partial charge in [-0.05, 0) is 38.5 Å². The fourth-order valence-electron chi connectivity index (χ4n) is 1.77. The van der Waals surface area contributed by atoms with Gasteiger partial charge < -0.3 is 10.2 Å². The highest BCUT2D eigenvalue weighted by Gasteiger charge is 1.93. The first-order valence-electron chi connectivity index (χ1n) is 8.35. The van der Waals surface area contributed by atoms with E-state index in [0.29, 0.717) is 12.8 Å². The lowest BCUT2D eigenvalue weighted by Crippen LogP contribution is -1.98. The molecule has 0 rings (SSSR count). The molecule has 1 atom stereocenters. The minimum absolute atomic E-state index is 0.226. The van der Waals surface area contributed by atoms with Crippen molar-refractivity contribution < 1.29 is 15.0 Å². The molecule has 0 aromatic rings. The molecular weight excluding hydrogens is 288 g/mol. The van der Waals surface area contributed by atoms with Crippen molar-refractivity contribution in [3.63, 3.8) is 0 Å². The molecule has 0 aromatic heterocycles. The van der Waals surface area contributed by atoms with E-state index in [2.05, 4.69) is 25.2 Å². The van der Waals surface area contributed by atoms with Crippen molar-refractivity contribution in [3.8, 4) is 0 Å². The van der Waals surface area contributed by atoms with Crippen LogP contribution in [0.1, 0.15) is 51.9 Å². The molecular formula is C20H30O3. The molecule has 0 saturated heterocycles. The number of aliphatic hydroxyl groups excluding tert-OH is 1. The number of hydrogen-bond acceptors (Lipinski definition) is 2. The smallest absolute Gasteiger partial charge is 0.303 e. The molecule has 0 amide bonds. The van der Waals surface area contributed by atoms with Crippen molar-refractivity contribution in [2.45, 2.75) is 58.0 Å². The number of carboxylic acids is 1. The van der Waals surface area contributed by atoms with Gasteiger partial charge in [-0.25, -0.2) is 0 Å². The third-order valence-corrected chi connectivity index (χ3v) is 3.00. The second-order valence-corrected chi connectivity index (χ2v) is 5.20. The fourth-order valence-corrected chi connectivity index (χ4v) is 1.77. The summed E-state index contributed by atoms with van der Waals surface area (Å²) in [6.07, 6.45) is 24.6. The largest absolute Gasteiger partial charge is 0.481 e. The highest BCUT2D eigenvalue weighted by molar-refractivity contribution is 5.66. The molecule has 2 N–H and O–H groups in total. The third kappa shape index (κ3) is 18.1. The van der Waals surface area contributed by atoms with E-state index in [1.54, 1.807) is 6.08 Å². The van der Waals surface area contributed by atoms with Gasteiger partial charge in [0.1, 0.15) is 0 Å². The lowest BCUT2D eigenvalue weighted by molar-refractivity contribution is -0.137. The van der Waals surface area contributed by atoms with Crippen LogP contribution in [0.3, 0.4) is 0 Å². The zero-order valence-corrected chi connectivity index (χ0v) is 14.1. The molecule has 3 nitrogen and oxygen atoms in total. The van der Waals surface area contributed by atoms with Crippen LogP contribution in [0, 0.1) is 0 Å². The summed E-state index contributed by atoms with van der Waals surface area (Å²) in [5.41, 5.74) is 0. The summed E-state index contributed by atoms with van der Waals surface area (Å²) in [6, 6.07) is 0. The van der Waals surface area contributed by atoms with Gasteiger partial charge in [0.05, 0.1) is 6.10 Å². The van der Waals surface area contributed by atoms with Crippen molar-refractivity contribution in [3.05, 3.63) is 60.8 Å². The highest BCUT2D eigenvalue weighted by Crippen LogP contribution is 2.00. The normalized spacial score (nSPS) is 14.2. The van der Waals surface area contributed by atoms with Gasteiger partial charge in [0.2, 0.25) is 0 Å². The van der Waals surface area contributed by atoms with Gasteiger partial charge in [-0.3, -0.25) is 4.79 Å². The van der Waals surface area contributed by atoms with E-state index in [0.717, 1.165) is 25.7 Å². The number of aliphatic carboxylic acids is 1. The lowest BCUT2D eigenvalue weighted by atomic mass is 10.2. The Morgan fingerprint density at radius 1 is 0.957 bits per heavy atom. The number of unbranched alkanes of at least 4 members (excludes halogenated alkanes) is 1. The van der Waals surface area contributed by atoms with Crippen molar-refractivity contribution in [1.29, 1.82) is 0 Å². The molecule has 0 aliphatic carbocycles. The van der Waals surface area contributed by atoms with Gasteiger partial charge in [0, 0.05) is 6.42 Å². The monoisotopic (exact) mass is 318 g/mol. The van der Waals surface area contributed by atoms with Crippen LogP contribution in [-0.4, -0.2) is 22.3 Å². The molecule has 0 fully saturated rings. The number of carboxylic acid groups (broad SMARTS) is 1. The molecule has 0 radical (unpaired) electrons. The van der Waals surface area contributed by atoms with Crippen LogP contribution < -0.4 is 0 Å². The number of carbonyl (C=O) groups is 1. The summed E-state index contributed by atoms with van der Waals surface area (Å²) in [6.45, 7) is 2.11. The van der Waals surface area contributed by atoms with E-state index in [1.165, 1.54) is 0 Å². The van der Waals surface area contributed by atoms with E-state index in [-0.39, 0.29) is 6.42 Å². The first-order chi connectivity index (χ1) is 11.2. The minimum atomic E-state index is -0.741. The Morgan fingerprint density at radius 3 is 2.39 bits per heavy atom. The molecule has 3 heteroatoms. The van der Waals surface area contributed by atoms with E-state index < -0.39 is 12.1 Å². The molecule has 0 saturated carbocycles. The molecule has 0 aliphatic rings. The molecule has 0 heterocycles. The van der Waals surface area contributed by atoms with Crippen molar-refractivity contribution in [2.24, 2.45) is 0 Å². The third-order valence-electron chi connectivity index (χ3n) is 3.00. The van der Waals surface area contributed by atoms with Crippen LogP contribution in [0.25, 0.3) is 0 Å². The second kappa shape index (κ2) is 16.5. The molecule has 0 aliphatic heterocycles. The molecule has 0 bridgehead atoms.